The SMILES string of the molecule is NC(=O)CN(Cc1ccc(F)cc1C(N)=S)C1CCCC1. The molecule has 0 unspecified atom stereocenters. The Labute approximate surface area is 129 Å². The van der Waals surface area contributed by atoms with Crippen molar-refractivity contribution in [1.29, 1.82) is 0 Å². The topological polar surface area (TPSA) is 72.4 Å². The van der Waals surface area contributed by atoms with Crippen LogP contribution in [0.1, 0.15) is 36.8 Å². The molecule has 0 aliphatic heterocycles. The molecule has 1 fully saturated rings. The first kappa shape index (κ1) is 15.9. The lowest BCUT2D eigenvalue weighted by molar-refractivity contribution is -0.119. The minimum absolute atomic E-state index is 0.162. The van der Waals surface area contributed by atoms with E-state index in [4.69, 9.17) is 23.7 Å². The maximum Gasteiger partial charge on any atom is 0.231 e. The number of halogens is 1. The molecule has 1 amide bonds. The van der Waals surface area contributed by atoms with Crippen LogP contribution in [0.3, 0.4) is 0 Å². The lowest BCUT2D eigenvalue weighted by Gasteiger charge is -2.28. The zero-order chi connectivity index (χ0) is 15.4. The van der Waals surface area contributed by atoms with Gasteiger partial charge >= 0.3 is 0 Å². The fraction of sp³-hybridized carbons (Fsp3) is 0.467. The second-order valence-electron chi connectivity index (χ2n) is 5.48. The Morgan fingerprint density at radius 3 is 2.57 bits per heavy atom. The maximum absolute atomic E-state index is 13.4. The van der Waals surface area contributed by atoms with Gasteiger partial charge in [-0.2, -0.15) is 0 Å². The molecule has 0 heterocycles. The number of nitrogens with two attached hydrogens (primary N) is 2. The van der Waals surface area contributed by atoms with Crippen molar-refractivity contribution >= 4 is 23.1 Å². The minimum atomic E-state index is -0.371. The van der Waals surface area contributed by atoms with Crippen LogP contribution in [-0.4, -0.2) is 28.4 Å². The largest absolute Gasteiger partial charge is 0.389 e. The van der Waals surface area contributed by atoms with E-state index in [0.29, 0.717) is 18.2 Å². The quantitative estimate of drug-likeness (QED) is 0.784. The molecule has 0 bridgehead atoms. The molecule has 2 rings (SSSR count). The van der Waals surface area contributed by atoms with Crippen LogP contribution in [0, 0.1) is 5.82 Å². The Kier molecular flexibility index (Phi) is 5.25. The van der Waals surface area contributed by atoms with Crippen LogP contribution in [0.15, 0.2) is 18.2 Å². The number of carbonyl (C=O) groups excluding carboxylic acids is 1. The fourth-order valence-corrected chi connectivity index (χ4v) is 3.11. The van der Waals surface area contributed by atoms with Gasteiger partial charge in [-0.3, -0.25) is 9.69 Å². The van der Waals surface area contributed by atoms with Crippen LogP contribution >= 0.6 is 12.2 Å². The van der Waals surface area contributed by atoms with Gasteiger partial charge < -0.3 is 11.5 Å². The Morgan fingerprint density at radius 2 is 2.00 bits per heavy atom. The highest BCUT2D eigenvalue weighted by Gasteiger charge is 2.24. The lowest BCUT2D eigenvalue weighted by atomic mass is 10.1. The molecule has 1 aromatic rings. The Hall–Kier alpha value is -1.53. The molecule has 21 heavy (non-hydrogen) atoms. The maximum atomic E-state index is 13.4. The van der Waals surface area contributed by atoms with Crippen molar-refractivity contribution in [2.75, 3.05) is 6.54 Å². The minimum Gasteiger partial charge on any atom is -0.389 e. The molecule has 4 nitrogen and oxygen atoms in total. The van der Waals surface area contributed by atoms with E-state index in [1.807, 2.05) is 4.90 Å². The average molecular weight is 309 g/mol. The molecule has 0 aromatic heterocycles. The number of thiocarbonyl (C=S) groups is 1. The molecule has 0 spiro atoms. The van der Waals surface area contributed by atoms with E-state index in [1.54, 1.807) is 6.07 Å². The van der Waals surface area contributed by atoms with Crippen molar-refractivity contribution in [2.24, 2.45) is 11.5 Å². The number of hydrogen-bond acceptors (Lipinski definition) is 3. The predicted octanol–water partition coefficient (Wildman–Crippen LogP) is 1.69. The van der Waals surface area contributed by atoms with Gasteiger partial charge in [-0.15, -0.1) is 0 Å². The summed E-state index contributed by atoms with van der Waals surface area (Å²) in [5.41, 5.74) is 12.4. The highest BCUT2D eigenvalue weighted by atomic mass is 32.1. The average Bonchev–Trinajstić information content (AvgIpc) is 2.93. The molecule has 4 N–H and O–H groups in total. The molecule has 6 heteroatoms. The molecular formula is C15H20FN3OS. The van der Waals surface area contributed by atoms with Crippen molar-refractivity contribution in [3.8, 4) is 0 Å². The highest BCUT2D eigenvalue weighted by Crippen LogP contribution is 2.25. The van der Waals surface area contributed by atoms with E-state index in [1.165, 1.54) is 12.1 Å². The van der Waals surface area contributed by atoms with Gasteiger partial charge in [0.1, 0.15) is 10.8 Å². The summed E-state index contributed by atoms with van der Waals surface area (Å²) >= 11 is 4.99. The van der Waals surface area contributed by atoms with Gasteiger partial charge in [0.05, 0.1) is 6.54 Å². The van der Waals surface area contributed by atoms with Gasteiger partial charge in [0, 0.05) is 18.2 Å². The highest BCUT2D eigenvalue weighted by molar-refractivity contribution is 7.80. The second kappa shape index (κ2) is 6.95. The van der Waals surface area contributed by atoms with E-state index in [-0.39, 0.29) is 23.3 Å². The first-order chi connectivity index (χ1) is 9.97. The fourth-order valence-electron chi connectivity index (χ4n) is 2.92. The predicted molar refractivity (Wildman–Crippen MR) is 84.1 cm³/mol. The number of amides is 1. The Balaban J connectivity index is 2.23. The Morgan fingerprint density at radius 1 is 1.33 bits per heavy atom. The van der Waals surface area contributed by atoms with E-state index >= 15 is 0 Å². The first-order valence-electron chi connectivity index (χ1n) is 7.08. The molecule has 0 saturated heterocycles. The number of primary amides is 1. The van der Waals surface area contributed by atoms with E-state index in [2.05, 4.69) is 0 Å². The van der Waals surface area contributed by atoms with Gasteiger partial charge in [-0.1, -0.05) is 31.1 Å². The zero-order valence-electron chi connectivity index (χ0n) is 11.8. The smallest absolute Gasteiger partial charge is 0.231 e. The summed E-state index contributed by atoms with van der Waals surface area (Å²) in [5, 5.41) is 0. The van der Waals surface area contributed by atoms with E-state index in [0.717, 1.165) is 31.2 Å². The van der Waals surface area contributed by atoms with Crippen LogP contribution in [-0.2, 0) is 11.3 Å². The van der Waals surface area contributed by atoms with Crippen molar-refractivity contribution < 1.29 is 9.18 Å². The summed E-state index contributed by atoms with van der Waals surface area (Å²) in [6.45, 7) is 0.694. The van der Waals surface area contributed by atoms with Gasteiger partial charge in [0.25, 0.3) is 0 Å². The molecule has 1 aliphatic rings. The standard InChI is InChI=1S/C15H20FN3OS/c16-11-6-5-10(13(7-11)15(18)21)8-19(9-14(17)20)12-3-1-2-4-12/h5-7,12H,1-4,8-9H2,(H2,17,20)(H2,18,21). The van der Waals surface area contributed by atoms with Crippen molar-refractivity contribution in [2.45, 2.75) is 38.3 Å². The normalized spacial score (nSPS) is 15.5. The van der Waals surface area contributed by atoms with Crippen LogP contribution in [0.5, 0.6) is 0 Å². The number of carbonyl (C=O) groups is 1. The van der Waals surface area contributed by atoms with Crippen molar-refractivity contribution in [3.63, 3.8) is 0 Å². The summed E-state index contributed by atoms with van der Waals surface area (Å²) < 4.78 is 13.4. The second-order valence-corrected chi connectivity index (χ2v) is 5.92. The van der Waals surface area contributed by atoms with Crippen LogP contribution in [0.4, 0.5) is 4.39 Å². The first-order valence-corrected chi connectivity index (χ1v) is 7.49. The summed E-state index contributed by atoms with van der Waals surface area (Å²) in [7, 11) is 0. The third-order valence-corrected chi connectivity index (χ3v) is 4.13. The summed E-state index contributed by atoms with van der Waals surface area (Å²) in [6.07, 6.45) is 4.42. The molecule has 0 radical (unpaired) electrons. The monoisotopic (exact) mass is 309 g/mol. The van der Waals surface area contributed by atoms with Gasteiger partial charge in [-0.05, 0) is 30.5 Å². The number of hydrogen-bond donors (Lipinski definition) is 2. The van der Waals surface area contributed by atoms with Gasteiger partial charge in [-0.25, -0.2) is 4.39 Å². The van der Waals surface area contributed by atoms with E-state index in [9.17, 15) is 9.18 Å². The zero-order valence-corrected chi connectivity index (χ0v) is 12.7. The van der Waals surface area contributed by atoms with E-state index < -0.39 is 0 Å². The Bertz CT molecular complexity index is 544. The van der Waals surface area contributed by atoms with Crippen LogP contribution < -0.4 is 11.5 Å². The summed E-state index contributed by atoms with van der Waals surface area (Å²) in [4.78, 5) is 13.5. The summed E-state index contributed by atoms with van der Waals surface area (Å²) in [6, 6.07) is 4.73. The molecule has 1 aromatic carbocycles. The van der Waals surface area contributed by atoms with Crippen LogP contribution in [0.2, 0.25) is 0 Å². The molecule has 114 valence electrons. The molecular weight excluding hydrogens is 289 g/mol. The third kappa shape index (κ3) is 4.22. The molecule has 0 atom stereocenters. The molecule has 1 aliphatic carbocycles. The van der Waals surface area contributed by atoms with Gasteiger partial charge in [0.2, 0.25) is 5.91 Å². The summed E-state index contributed by atoms with van der Waals surface area (Å²) in [5.74, 6) is -0.732. The number of benzene rings is 1. The number of rotatable bonds is 6. The lowest BCUT2D eigenvalue weighted by Crippen LogP contribution is -2.40. The van der Waals surface area contributed by atoms with Crippen LogP contribution in [0.25, 0.3) is 0 Å². The molecule has 1 saturated carbocycles. The van der Waals surface area contributed by atoms with Crippen molar-refractivity contribution in [3.05, 3.63) is 35.1 Å². The van der Waals surface area contributed by atoms with Gasteiger partial charge in [0.15, 0.2) is 0 Å². The van der Waals surface area contributed by atoms with Crippen molar-refractivity contribution in [1.82, 2.24) is 4.90 Å². The third-order valence-electron chi connectivity index (χ3n) is 3.91. The number of nitrogens with zero attached hydrogens (tertiary/aromatic N) is 1.